The summed E-state index contributed by atoms with van der Waals surface area (Å²) in [6, 6.07) is 0. The van der Waals surface area contributed by atoms with E-state index in [-0.39, 0.29) is 5.57 Å². The van der Waals surface area contributed by atoms with Gasteiger partial charge in [-0.1, -0.05) is 6.58 Å². The van der Waals surface area contributed by atoms with E-state index in [0.29, 0.717) is 0 Å². The summed E-state index contributed by atoms with van der Waals surface area (Å²) >= 11 is 0. The molecular formula is C9H6F4O3S. The third-order valence-corrected chi connectivity index (χ3v) is 2.78. The predicted molar refractivity (Wildman–Crippen MR) is 50.8 cm³/mol. The van der Waals surface area contributed by atoms with E-state index in [2.05, 4.69) is 6.58 Å². The van der Waals surface area contributed by atoms with Crippen molar-refractivity contribution in [3.63, 3.8) is 0 Å². The fourth-order valence-electron chi connectivity index (χ4n) is 1.21. The van der Waals surface area contributed by atoms with Crippen LogP contribution in [0.3, 0.4) is 0 Å². The number of hydrogen-bond acceptors (Lipinski definition) is 2. The van der Waals surface area contributed by atoms with Gasteiger partial charge in [-0.25, -0.2) is 17.6 Å². The van der Waals surface area contributed by atoms with E-state index in [9.17, 15) is 26.0 Å². The van der Waals surface area contributed by atoms with Crippen molar-refractivity contribution in [2.24, 2.45) is 0 Å². The van der Waals surface area contributed by atoms with Gasteiger partial charge in [0.1, 0.15) is 0 Å². The molecule has 0 aliphatic rings. The fourth-order valence-corrected chi connectivity index (χ4v) is 1.86. The Morgan fingerprint density at radius 2 is 1.53 bits per heavy atom. The van der Waals surface area contributed by atoms with E-state index in [1.165, 1.54) is 0 Å². The van der Waals surface area contributed by atoms with E-state index in [4.69, 9.17) is 4.55 Å². The number of allylic oxidation sites excluding steroid dienone is 1. The van der Waals surface area contributed by atoms with Crippen molar-refractivity contribution in [1.82, 2.24) is 0 Å². The van der Waals surface area contributed by atoms with Crippen molar-refractivity contribution >= 4 is 15.7 Å². The Morgan fingerprint density at radius 3 is 1.88 bits per heavy atom. The molecule has 1 aromatic rings. The van der Waals surface area contributed by atoms with E-state index in [0.717, 1.165) is 6.92 Å². The van der Waals surface area contributed by atoms with Crippen molar-refractivity contribution in [2.75, 3.05) is 0 Å². The van der Waals surface area contributed by atoms with Crippen LogP contribution in [0.25, 0.3) is 5.57 Å². The Bertz CT molecular complexity index is 607. The van der Waals surface area contributed by atoms with Crippen molar-refractivity contribution in [1.29, 1.82) is 0 Å². The molecule has 0 saturated carbocycles. The van der Waals surface area contributed by atoms with E-state index < -0.39 is 43.8 Å². The van der Waals surface area contributed by atoms with Crippen LogP contribution < -0.4 is 0 Å². The molecule has 3 nitrogen and oxygen atoms in total. The van der Waals surface area contributed by atoms with Gasteiger partial charge < -0.3 is 0 Å². The van der Waals surface area contributed by atoms with Crippen molar-refractivity contribution in [3.05, 3.63) is 35.4 Å². The van der Waals surface area contributed by atoms with Gasteiger partial charge in [0.2, 0.25) is 0 Å². The first-order chi connectivity index (χ1) is 7.59. The highest BCUT2D eigenvalue weighted by molar-refractivity contribution is 7.85. The molecule has 0 amide bonds. The first-order valence-electron chi connectivity index (χ1n) is 4.08. The Balaban J connectivity index is 3.95. The highest BCUT2D eigenvalue weighted by atomic mass is 32.2. The second-order valence-corrected chi connectivity index (χ2v) is 4.57. The fraction of sp³-hybridized carbons (Fsp3) is 0.111. The van der Waals surface area contributed by atoms with Gasteiger partial charge in [0.25, 0.3) is 0 Å². The maximum absolute atomic E-state index is 13.5. The Hall–Kier alpha value is -1.41. The zero-order chi connectivity index (χ0) is 13.5. The van der Waals surface area contributed by atoms with Crippen LogP contribution in [0.2, 0.25) is 0 Å². The topological polar surface area (TPSA) is 54.4 Å². The average Bonchev–Trinajstić information content (AvgIpc) is 2.11. The normalized spacial score (nSPS) is 11.6. The van der Waals surface area contributed by atoms with Crippen molar-refractivity contribution in [3.8, 4) is 0 Å². The molecule has 1 aromatic carbocycles. The Labute approximate surface area is 94.1 Å². The Kier molecular flexibility index (Phi) is 3.30. The molecule has 0 radical (unpaired) electrons. The van der Waals surface area contributed by atoms with Gasteiger partial charge >= 0.3 is 10.1 Å². The summed E-state index contributed by atoms with van der Waals surface area (Å²) in [6.45, 7) is 4.16. The minimum absolute atomic E-state index is 0.358. The molecule has 0 atom stereocenters. The number of hydrogen-bond donors (Lipinski definition) is 1. The van der Waals surface area contributed by atoms with Crippen LogP contribution in [0, 0.1) is 23.3 Å². The molecule has 0 bridgehead atoms. The van der Waals surface area contributed by atoms with Crippen LogP contribution >= 0.6 is 0 Å². The monoisotopic (exact) mass is 270 g/mol. The lowest BCUT2D eigenvalue weighted by Gasteiger charge is -2.09. The molecule has 8 heteroatoms. The summed E-state index contributed by atoms with van der Waals surface area (Å²) in [5.41, 5.74) is -1.49. The summed E-state index contributed by atoms with van der Waals surface area (Å²) in [7, 11) is -5.36. The maximum atomic E-state index is 13.5. The summed E-state index contributed by atoms with van der Waals surface area (Å²) in [5, 5.41) is 0. The summed E-state index contributed by atoms with van der Waals surface area (Å²) in [4.78, 5) is -1.94. The second-order valence-electron chi connectivity index (χ2n) is 3.22. The molecule has 1 rings (SSSR count). The van der Waals surface area contributed by atoms with E-state index >= 15 is 0 Å². The largest absolute Gasteiger partial charge is 0.300 e. The quantitative estimate of drug-likeness (QED) is 0.389. The van der Waals surface area contributed by atoms with Crippen LogP contribution in [-0.2, 0) is 10.1 Å². The zero-order valence-corrected chi connectivity index (χ0v) is 9.21. The van der Waals surface area contributed by atoms with Crippen LogP contribution in [0.15, 0.2) is 11.5 Å². The standard InChI is InChI=1S/C9H6F4O3S/c1-3(2)4-5(10)7(12)8(13)9(6(4)11)17(14,15)16/h1H2,2H3,(H,14,15,16). The molecule has 0 unspecified atom stereocenters. The molecule has 0 aliphatic carbocycles. The molecule has 0 aromatic heterocycles. The van der Waals surface area contributed by atoms with Crippen LogP contribution in [0.5, 0.6) is 0 Å². The van der Waals surface area contributed by atoms with Crippen LogP contribution in [0.1, 0.15) is 12.5 Å². The van der Waals surface area contributed by atoms with Crippen molar-refractivity contribution in [2.45, 2.75) is 11.8 Å². The third kappa shape index (κ3) is 2.18. The first-order valence-corrected chi connectivity index (χ1v) is 5.52. The SMILES string of the molecule is C=C(C)c1c(F)c(F)c(F)c(S(=O)(=O)O)c1F. The molecule has 0 fully saturated rings. The summed E-state index contributed by atoms with van der Waals surface area (Å²) in [5.74, 6) is -8.33. The molecule has 0 aliphatic heterocycles. The van der Waals surface area contributed by atoms with Gasteiger partial charge in [-0.2, -0.15) is 8.42 Å². The van der Waals surface area contributed by atoms with Gasteiger partial charge in [0.05, 0.1) is 5.56 Å². The minimum atomic E-state index is -5.36. The maximum Gasteiger partial charge on any atom is 0.300 e. The number of halogens is 4. The number of benzene rings is 1. The van der Waals surface area contributed by atoms with Gasteiger partial charge in [-0.05, 0) is 12.5 Å². The first kappa shape index (κ1) is 13.7. The van der Waals surface area contributed by atoms with Gasteiger partial charge in [-0.3, -0.25) is 4.55 Å². The summed E-state index contributed by atoms with van der Waals surface area (Å²) < 4.78 is 82.5. The molecule has 1 N–H and O–H groups in total. The highest BCUT2D eigenvalue weighted by Crippen LogP contribution is 2.30. The minimum Gasteiger partial charge on any atom is -0.282 e. The molecule has 0 saturated heterocycles. The Morgan fingerprint density at radius 1 is 1.06 bits per heavy atom. The molecule has 17 heavy (non-hydrogen) atoms. The predicted octanol–water partition coefficient (Wildman–Crippen LogP) is 2.52. The van der Waals surface area contributed by atoms with Gasteiger partial charge in [0, 0.05) is 0 Å². The van der Waals surface area contributed by atoms with Crippen LogP contribution in [0.4, 0.5) is 17.6 Å². The summed E-state index contributed by atoms with van der Waals surface area (Å²) in [6.07, 6.45) is 0. The van der Waals surface area contributed by atoms with Crippen LogP contribution in [-0.4, -0.2) is 13.0 Å². The third-order valence-electron chi connectivity index (χ3n) is 1.91. The zero-order valence-electron chi connectivity index (χ0n) is 8.39. The van der Waals surface area contributed by atoms with E-state index in [1.54, 1.807) is 0 Å². The molecule has 0 spiro atoms. The van der Waals surface area contributed by atoms with Gasteiger partial charge in [0.15, 0.2) is 28.2 Å². The molecular weight excluding hydrogens is 264 g/mol. The smallest absolute Gasteiger partial charge is 0.282 e. The van der Waals surface area contributed by atoms with Gasteiger partial charge in [-0.15, -0.1) is 0 Å². The van der Waals surface area contributed by atoms with E-state index in [1.807, 2.05) is 0 Å². The average molecular weight is 270 g/mol. The number of rotatable bonds is 2. The molecule has 0 heterocycles. The molecule has 94 valence electrons. The van der Waals surface area contributed by atoms with Crippen molar-refractivity contribution < 1.29 is 30.5 Å². The lowest BCUT2D eigenvalue weighted by atomic mass is 10.1. The lowest BCUT2D eigenvalue weighted by Crippen LogP contribution is -2.12. The highest BCUT2D eigenvalue weighted by Gasteiger charge is 2.32. The second kappa shape index (κ2) is 4.11. The lowest BCUT2D eigenvalue weighted by molar-refractivity contribution is 0.398.